The monoisotopic (exact) mass is 235 g/mol. The minimum absolute atomic E-state index is 0.511. The standard InChI is InChI=1S/C13H21N3O/c1-17-13-7-4-5-11(15-13)10-16-8-3-2-6-12(16)9-14/h4-5,7,12H,2-3,6,8-10,14H2,1H3. The van der Waals surface area contributed by atoms with Gasteiger partial charge in [-0.1, -0.05) is 12.5 Å². The molecule has 1 aliphatic rings. The minimum atomic E-state index is 0.511. The van der Waals surface area contributed by atoms with E-state index in [2.05, 4.69) is 9.88 Å². The van der Waals surface area contributed by atoms with Gasteiger partial charge in [0, 0.05) is 25.2 Å². The van der Waals surface area contributed by atoms with E-state index in [9.17, 15) is 0 Å². The van der Waals surface area contributed by atoms with Crippen LogP contribution in [-0.2, 0) is 6.54 Å². The molecule has 0 aliphatic carbocycles. The van der Waals surface area contributed by atoms with E-state index in [1.54, 1.807) is 7.11 Å². The van der Waals surface area contributed by atoms with Crippen LogP contribution in [0.4, 0.5) is 0 Å². The molecule has 1 fully saturated rings. The number of nitrogens with two attached hydrogens (primary N) is 1. The van der Waals surface area contributed by atoms with Crippen LogP contribution < -0.4 is 10.5 Å². The summed E-state index contributed by atoms with van der Waals surface area (Å²) in [5.74, 6) is 0.684. The maximum atomic E-state index is 5.82. The highest BCUT2D eigenvalue weighted by Gasteiger charge is 2.21. The second-order valence-corrected chi connectivity index (χ2v) is 4.53. The molecule has 2 heterocycles. The molecule has 17 heavy (non-hydrogen) atoms. The second kappa shape index (κ2) is 5.98. The first-order valence-electron chi connectivity index (χ1n) is 6.27. The predicted octanol–water partition coefficient (Wildman–Crippen LogP) is 1.40. The Morgan fingerprint density at radius 1 is 1.47 bits per heavy atom. The number of methoxy groups -OCH3 is 1. The molecule has 1 atom stereocenters. The Morgan fingerprint density at radius 2 is 2.35 bits per heavy atom. The van der Waals surface area contributed by atoms with Crippen molar-refractivity contribution in [2.24, 2.45) is 5.73 Å². The molecule has 1 unspecified atom stereocenters. The van der Waals surface area contributed by atoms with Crippen molar-refractivity contribution in [1.29, 1.82) is 0 Å². The summed E-state index contributed by atoms with van der Waals surface area (Å²) in [7, 11) is 1.65. The summed E-state index contributed by atoms with van der Waals surface area (Å²) in [6.45, 7) is 2.74. The van der Waals surface area contributed by atoms with E-state index in [4.69, 9.17) is 10.5 Å². The lowest BCUT2D eigenvalue weighted by molar-refractivity contribution is 0.143. The molecule has 0 radical (unpaired) electrons. The van der Waals surface area contributed by atoms with Crippen molar-refractivity contribution in [3.8, 4) is 5.88 Å². The number of aromatic nitrogens is 1. The van der Waals surface area contributed by atoms with Gasteiger partial charge in [0.25, 0.3) is 0 Å². The maximum Gasteiger partial charge on any atom is 0.213 e. The Bertz CT molecular complexity index is 356. The molecule has 94 valence electrons. The van der Waals surface area contributed by atoms with Crippen LogP contribution in [-0.4, -0.2) is 36.1 Å². The van der Waals surface area contributed by atoms with Crippen LogP contribution in [0, 0.1) is 0 Å². The number of pyridine rings is 1. The molecule has 4 nitrogen and oxygen atoms in total. The average Bonchev–Trinajstić information content (AvgIpc) is 2.39. The van der Waals surface area contributed by atoms with E-state index in [0.29, 0.717) is 11.9 Å². The number of piperidine rings is 1. The van der Waals surface area contributed by atoms with Crippen LogP contribution in [0.2, 0.25) is 0 Å². The molecule has 1 aliphatic heterocycles. The van der Waals surface area contributed by atoms with Crippen molar-refractivity contribution in [3.63, 3.8) is 0 Å². The number of rotatable bonds is 4. The maximum absolute atomic E-state index is 5.82. The third kappa shape index (κ3) is 3.17. The molecule has 4 heteroatoms. The van der Waals surface area contributed by atoms with Crippen LogP contribution in [0.3, 0.4) is 0 Å². The highest BCUT2D eigenvalue weighted by Crippen LogP contribution is 2.19. The Kier molecular flexibility index (Phi) is 4.34. The van der Waals surface area contributed by atoms with Gasteiger partial charge < -0.3 is 10.5 Å². The molecule has 0 aromatic carbocycles. The van der Waals surface area contributed by atoms with Crippen LogP contribution in [0.15, 0.2) is 18.2 Å². The van der Waals surface area contributed by atoms with Crippen molar-refractivity contribution >= 4 is 0 Å². The van der Waals surface area contributed by atoms with Gasteiger partial charge in [-0.15, -0.1) is 0 Å². The number of ether oxygens (including phenoxy) is 1. The molecule has 2 N–H and O–H groups in total. The Hall–Kier alpha value is -1.13. The molecule has 0 spiro atoms. The zero-order chi connectivity index (χ0) is 12.1. The topological polar surface area (TPSA) is 51.4 Å². The number of hydrogen-bond donors (Lipinski definition) is 1. The lowest BCUT2D eigenvalue weighted by Crippen LogP contribution is -2.43. The SMILES string of the molecule is COc1cccc(CN2CCCCC2CN)n1. The van der Waals surface area contributed by atoms with Gasteiger partial charge in [0.05, 0.1) is 12.8 Å². The Labute approximate surface area is 103 Å². The van der Waals surface area contributed by atoms with E-state index in [1.807, 2.05) is 18.2 Å². The highest BCUT2D eigenvalue weighted by atomic mass is 16.5. The van der Waals surface area contributed by atoms with E-state index in [0.717, 1.165) is 25.3 Å². The molecule has 2 rings (SSSR count). The third-order valence-corrected chi connectivity index (χ3v) is 3.38. The first-order chi connectivity index (χ1) is 8.33. The van der Waals surface area contributed by atoms with Gasteiger partial charge in [-0.25, -0.2) is 4.98 Å². The fraction of sp³-hybridized carbons (Fsp3) is 0.615. The Balaban J connectivity index is 2.02. The van der Waals surface area contributed by atoms with E-state index >= 15 is 0 Å². The molecule has 1 saturated heterocycles. The highest BCUT2D eigenvalue weighted by molar-refractivity contribution is 5.15. The second-order valence-electron chi connectivity index (χ2n) is 4.53. The summed E-state index contributed by atoms with van der Waals surface area (Å²) in [6.07, 6.45) is 3.77. The first-order valence-corrected chi connectivity index (χ1v) is 6.27. The van der Waals surface area contributed by atoms with Crippen molar-refractivity contribution in [2.45, 2.75) is 31.8 Å². The molecular formula is C13H21N3O. The number of nitrogens with zero attached hydrogens (tertiary/aromatic N) is 2. The lowest BCUT2D eigenvalue weighted by Gasteiger charge is -2.34. The number of hydrogen-bond acceptors (Lipinski definition) is 4. The van der Waals surface area contributed by atoms with Gasteiger partial charge >= 0.3 is 0 Å². The predicted molar refractivity (Wildman–Crippen MR) is 67.9 cm³/mol. The third-order valence-electron chi connectivity index (χ3n) is 3.38. The van der Waals surface area contributed by atoms with Gasteiger partial charge in [0.15, 0.2) is 0 Å². The largest absolute Gasteiger partial charge is 0.481 e. The van der Waals surface area contributed by atoms with Gasteiger partial charge in [-0.05, 0) is 25.5 Å². The smallest absolute Gasteiger partial charge is 0.213 e. The van der Waals surface area contributed by atoms with Crippen molar-refractivity contribution in [1.82, 2.24) is 9.88 Å². The molecular weight excluding hydrogens is 214 g/mol. The summed E-state index contributed by atoms with van der Waals surface area (Å²) in [4.78, 5) is 6.89. The quantitative estimate of drug-likeness (QED) is 0.857. The molecule has 0 saturated carbocycles. The molecule has 0 amide bonds. The van der Waals surface area contributed by atoms with Crippen molar-refractivity contribution in [2.75, 3.05) is 20.2 Å². The van der Waals surface area contributed by atoms with Crippen LogP contribution in [0.5, 0.6) is 5.88 Å². The first kappa shape index (κ1) is 12.3. The average molecular weight is 235 g/mol. The summed E-state index contributed by atoms with van der Waals surface area (Å²) < 4.78 is 5.14. The van der Waals surface area contributed by atoms with Gasteiger partial charge in [0.1, 0.15) is 0 Å². The zero-order valence-electron chi connectivity index (χ0n) is 10.4. The molecule has 1 aromatic rings. The van der Waals surface area contributed by atoms with E-state index in [1.165, 1.54) is 19.3 Å². The van der Waals surface area contributed by atoms with Crippen molar-refractivity contribution in [3.05, 3.63) is 23.9 Å². The number of likely N-dealkylation sites (tertiary alicyclic amines) is 1. The van der Waals surface area contributed by atoms with Crippen LogP contribution in [0.1, 0.15) is 25.0 Å². The van der Waals surface area contributed by atoms with E-state index in [-0.39, 0.29) is 0 Å². The lowest BCUT2D eigenvalue weighted by atomic mass is 10.0. The van der Waals surface area contributed by atoms with E-state index < -0.39 is 0 Å². The zero-order valence-corrected chi connectivity index (χ0v) is 10.4. The van der Waals surface area contributed by atoms with Gasteiger partial charge in [-0.2, -0.15) is 0 Å². The minimum Gasteiger partial charge on any atom is -0.481 e. The normalized spacial score (nSPS) is 21.4. The molecule has 0 bridgehead atoms. The fourth-order valence-electron chi connectivity index (χ4n) is 2.40. The van der Waals surface area contributed by atoms with Gasteiger partial charge in [0.2, 0.25) is 5.88 Å². The summed E-state index contributed by atoms with van der Waals surface area (Å²) in [6, 6.07) is 6.42. The molecule has 1 aromatic heterocycles. The summed E-state index contributed by atoms with van der Waals surface area (Å²) in [5, 5.41) is 0. The van der Waals surface area contributed by atoms with Gasteiger partial charge in [-0.3, -0.25) is 4.90 Å². The van der Waals surface area contributed by atoms with Crippen LogP contribution >= 0.6 is 0 Å². The summed E-state index contributed by atoms with van der Waals surface area (Å²) >= 11 is 0. The van der Waals surface area contributed by atoms with Crippen LogP contribution in [0.25, 0.3) is 0 Å². The summed E-state index contributed by atoms with van der Waals surface area (Å²) in [5.41, 5.74) is 6.88. The van der Waals surface area contributed by atoms with Crippen molar-refractivity contribution < 1.29 is 4.74 Å². The fourth-order valence-corrected chi connectivity index (χ4v) is 2.40. The Morgan fingerprint density at radius 3 is 3.12 bits per heavy atom.